The molecule has 0 heterocycles. The van der Waals surface area contributed by atoms with Gasteiger partial charge in [-0.25, -0.2) is 0 Å². The summed E-state index contributed by atoms with van der Waals surface area (Å²) in [5.74, 6) is 0. The maximum absolute atomic E-state index is 5.28. The van der Waals surface area contributed by atoms with Gasteiger partial charge < -0.3 is 4.74 Å². The van der Waals surface area contributed by atoms with Gasteiger partial charge in [-0.1, -0.05) is 26.2 Å². The number of hydrogen-bond donors (Lipinski definition) is 0. The second-order valence-electron chi connectivity index (χ2n) is 3.85. The molecule has 0 aliphatic heterocycles. The van der Waals surface area contributed by atoms with Crippen LogP contribution >= 0.6 is 0 Å². The van der Waals surface area contributed by atoms with E-state index in [0.717, 1.165) is 6.61 Å². The lowest BCUT2D eigenvalue weighted by molar-refractivity contribution is 0.0455. The predicted molar refractivity (Wildman–Crippen MR) is 47.7 cm³/mol. The summed E-state index contributed by atoms with van der Waals surface area (Å²) in [6, 6.07) is 0. The van der Waals surface area contributed by atoms with E-state index in [1.807, 2.05) is 7.11 Å². The highest BCUT2D eigenvalue weighted by Gasteiger charge is 2.29. The van der Waals surface area contributed by atoms with E-state index in [-0.39, 0.29) is 0 Å². The zero-order valence-electron chi connectivity index (χ0n) is 7.86. The maximum atomic E-state index is 5.28. The Bertz CT molecular complexity index is 97.9. The molecule has 0 aromatic carbocycles. The summed E-state index contributed by atoms with van der Waals surface area (Å²) < 4.78 is 5.28. The van der Waals surface area contributed by atoms with Crippen LogP contribution in [0.1, 0.15) is 45.4 Å². The van der Waals surface area contributed by atoms with E-state index in [4.69, 9.17) is 4.74 Å². The van der Waals surface area contributed by atoms with E-state index in [9.17, 15) is 0 Å². The van der Waals surface area contributed by atoms with Crippen LogP contribution in [0, 0.1) is 5.41 Å². The molecule has 66 valence electrons. The molecule has 0 aromatic rings. The van der Waals surface area contributed by atoms with Crippen molar-refractivity contribution in [3.8, 4) is 0 Å². The fraction of sp³-hybridized carbons (Fsp3) is 1.00. The lowest BCUT2D eigenvalue weighted by Crippen LogP contribution is -2.28. The zero-order chi connectivity index (χ0) is 8.16. The molecule has 0 bridgehead atoms. The fourth-order valence-electron chi connectivity index (χ4n) is 2.21. The zero-order valence-corrected chi connectivity index (χ0v) is 7.86. The molecule has 0 saturated heterocycles. The van der Waals surface area contributed by atoms with Crippen molar-refractivity contribution >= 4 is 0 Å². The minimum Gasteiger partial charge on any atom is -0.384 e. The summed E-state index contributed by atoms with van der Waals surface area (Å²) in [4.78, 5) is 0. The summed E-state index contributed by atoms with van der Waals surface area (Å²) in [5, 5.41) is 0. The van der Waals surface area contributed by atoms with Gasteiger partial charge in [0.05, 0.1) is 6.61 Å². The van der Waals surface area contributed by atoms with E-state index in [2.05, 4.69) is 6.92 Å². The quantitative estimate of drug-likeness (QED) is 0.610. The second-order valence-corrected chi connectivity index (χ2v) is 3.85. The van der Waals surface area contributed by atoms with Crippen molar-refractivity contribution < 1.29 is 4.74 Å². The lowest BCUT2D eigenvalue weighted by atomic mass is 9.73. The van der Waals surface area contributed by atoms with Crippen LogP contribution in [0.2, 0.25) is 0 Å². The third kappa shape index (κ3) is 2.19. The number of hydrogen-bond acceptors (Lipinski definition) is 1. The average Bonchev–Trinajstić information content (AvgIpc) is 2.07. The SMILES string of the molecule is CCC1(COC)CCCCC1. The summed E-state index contributed by atoms with van der Waals surface area (Å²) in [6.45, 7) is 3.27. The molecule has 0 spiro atoms. The van der Waals surface area contributed by atoms with Crippen LogP contribution in [0.25, 0.3) is 0 Å². The van der Waals surface area contributed by atoms with Crippen molar-refractivity contribution in [3.05, 3.63) is 0 Å². The molecule has 0 unspecified atom stereocenters. The molecule has 1 aliphatic rings. The molecular formula is C10H20O. The first-order valence-corrected chi connectivity index (χ1v) is 4.82. The first-order valence-electron chi connectivity index (χ1n) is 4.82. The third-order valence-electron chi connectivity index (χ3n) is 3.11. The van der Waals surface area contributed by atoms with Crippen LogP contribution in [0.4, 0.5) is 0 Å². The Morgan fingerprint density at radius 2 is 1.82 bits per heavy atom. The maximum Gasteiger partial charge on any atom is 0.0518 e. The molecule has 1 fully saturated rings. The molecular weight excluding hydrogens is 136 g/mol. The van der Waals surface area contributed by atoms with Gasteiger partial charge in [-0.05, 0) is 24.7 Å². The largest absolute Gasteiger partial charge is 0.384 e. The Labute approximate surface area is 70.1 Å². The van der Waals surface area contributed by atoms with E-state index < -0.39 is 0 Å². The van der Waals surface area contributed by atoms with E-state index in [1.54, 1.807) is 0 Å². The van der Waals surface area contributed by atoms with Gasteiger partial charge in [-0.2, -0.15) is 0 Å². The molecule has 11 heavy (non-hydrogen) atoms. The first kappa shape index (κ1) is 9.05. The van der Waals surface area contributed by atoms with E-state index in [0.29, 0.717) is 5.41 Å². The smallest absolute Gasteiger partial charge is 0.0518 e. The summed E-state index contributed by atoms with van der Waals surface area (Å²) in [6.07, 6.45) is 8.33. The van der Waals surface area contributed by atoms with Gasteiger partial charge in [0.2, 0.25) is 0 Å². The number of rotatable bonds is 3. The van der Waals surface area contributed by atoms with Gasteiger partial charge in [0.15, 0.2) is 0 Å². The van der Waals surface area contributed by atoms with Crippen molar-refractivity contribution in [2.24, 2.45) is 5.41 Å². The van der Waals surface area contributed by atoms with Gasteiger partial charge in [0.1, 0.15) is 0 Å². The first-order chi connectivity index (χ1) is 5.33. The van der Waals surface area contributed by atoms with Crippen LogP contribution in [0.3, 0.4) is 0 Å². The minimum atomic E-state index is 0.549. The van der Waals surface area contributed by atoms with Gasteiger partial charge in [0.25, 0.3) is 0 Å². The van der Waals surface area contributed by atoms with Gasteiger partial charge >= 0.3 is 0 Å². The standard InChI is InChI=1S/C10H20O/c1-3-10(9-11-2)7-5-4-6-8-10/h3-9H2,1-2H3. The highest BCUT2D eigenvalue weighted by molar-refractivity contribution is 4.81. The summed E-state index contributed by atoms with van der Waals surface area (Å²) >= 11 is 0. The minimum absolute atomic E-state index is 0.549. The van der Waals surface area contributed by atoms with Crippen molar-refractivity contribution in [3.63, 3.8) is 0 Å². The fourth-order valence-corrected chi connectivity index (χ4v) is 2.21. The molecule has 0 radical (unpaired) electrons. The third-order valence-corrected chi connectivity index (χ3v) is 3.11. The van der Waals surface area contributed by atoms with Crippen molar-refractivity contribution in [2.45, 2.75) is 45.4 Å². The van der Waals surface area contributed by atoms with E-state index in [1.165, 1.54) is 38.5 Å². The van der Waals surface area contributed by atoms with E-state index >= 15 is 0 Å². The lowest BCUT2D eigenvalue weighted by Gasteiger charge is -2.35. The van der Waals surface area contributed by atoms with Gasteiger partial charge in [-0.15, -0.1) is 0 Å². The second kappa shape index (κ2) is 4.10. The summed E-state index contributed by atoms with van der Waals surface area (Å²) in [7, 11) is 1.83. The monoisotopic (exact) mass is 156 g/mol. The Kier molecular flexibility index (Phi) is 3.38. The topological polar surface area (TPSA) is 9.23 Å². The van der Waals surface area contributed by atoms with Crippen molar-refractivity contribution in [2.75, 3.05) is 13.7 Å². The normalized spacial score (nSPS) is 23.5. The van der Waals surface area contributed by atoms with Crippen LogP contribution in [-0.4, -0.2) is 13.7 Å². The average molecular weight is 156 g/mol. The van der Waals surface area contributed by atoms with Crippen LogP contribution in [0.15, 0.2) is 0 Å². The molecule has 1 aliphatic carbocycles. The highest BCUT2D eigenvalue weighted by Crippen LogP contribution is 2.38. The molecule has 0 amide bonds. The van der Waals surface area contributed by atoms with Gasteiger partial charge in [0, 0.05) is 7.11 Å². The Balaban J connectivity index is 2.42. The Hall–Kier alpha value is -0.0400. The highest BCUT2D eigenvalue weighted by atomic mass is 16.5. The van der Waals surface area contributed by atoms with Crippen molar-refractivity contribution in [1.29, 1.82) is 0 Å². The van der Waals surface area contributed by atoms with Crippen LogP contribution in [-0.2, 0) is 4.74 Å². The Morgan fingerprint density at radius 1 is 1.18 bits per heavy atom. The molecule has 0 N–H and O–H groups in total. The molecule has 0 atom stereocenters. The molecule has 1 saturated carbocycles. The van der Waals surface area contributed by atoms with Crippen molar-refractivity contribution in [1.82, 2.24) is 0 Å². The summed E-state index contributed by atoms with van der Waals surface area (Å²) in [5.41, 5.74) is 0.549. The molecule has 1 rings (SSSR count). The molecule has 1 nitrogen and oxygen atoms in total. The molecule has 0 aromatic heterocycles. The predicted octanol–water partition coefficient (Wildman–Crippen LogP) is 2.99. The van der Waals surface area contributed by atoms with Gasteiger partial charge in [-0.3, -0.25) is 0 Å². The number of ether oxygens (including phenoxy) is 1. The van der Waals surface area contributed by atoms with Crippen LogP contribution < -0.4 is 0 Å². The molecule has 1 heteroatoms. The number of methoxy groups -OCH3 is 1. The Morgan fingerprint density at radius 3 is 2.27 bits per heavy atom. The van der Waals surface area contributed by atoms with Crippen LogP contribution in [0.5, 0.6) is 0 Å².